The van der Waals surface area contributed by atoms with Crippen LogP contribution in [0.15, 0.2) is 36.7 Å². The van der Waals surface area contributed by atoms with E-state index >= 15 is 0 Å². The second-order valence-electron chi connectivity index (χ2n) is 8.41. The minimum absolute atomic E-state index is 0.120. The fraction of sp³-hybridized carbons (Fsp3) is 0.348. The first kappa shape index (κ1) is 22.4. The predicted octanol–water partition coefficient (Wildman–Crippen LogP) is 4.17. The highest BCUT2D eigenvalue weighted by Crippen LogP contribution is 2.27. The molecule has 1 aliphatic heterocycles. The van der Waals surface area contributed by atoms with Gasteiger partial charge >= 0.3 is 6.09 Å². The van der Waals surface area contributed by atoms with Gasteiger partial charge in [-0.2, -0.15) is 0 Å². The molecule has 172 valence electrons. The molecule has 0 aliphatic carbocycles. The van der Waals surface area contributed by atoms with Gasteiger partial charge in [0.2, 0.25) is 0 Å². The van der Waals surface area contributed by atoms with E-state index in [4.69, 9.17) is 4.74 Å². The maximum atomic E-state index is 14.7. The van der Waals surface area contributed by atoms with E-state index in [1.807, 2.05) is 18.4 Å². The molecule has 0 fully saturated rings. The van der Waals surface area contributed by atoms with Gasteiger partial charge in [0, 0.05) is 19.1 Å². The fourth-order valence-corrected chi connectivity index (χ4v) is 3.62. The van der Waals surface area contributed by atoms with E-state index in [1.54, 1.807) is 38.4 Å². The summed E-state index contributed by atoms with van der Waals surface area (Å²) in [6, 6.07) is 8.01. The van der Waals surface area contributed by atoms with Crippen molar-refractivity contribution in [2.45, 2.75) is 52.9 Å². The number of anilines is 1. The van der Waals surface area contributed by atoms with E-state index in [9.17, 15) is 14.0 Å². The Morgan fingerprint density at radius 3 is 2.55 bits per heavy atom. The number of carbonyl (C=O) groups is 2. The molecule has 0 saturated carbocycles. The zero-order chi connectivity index (χ0) is 23.7. The van der Waals surface area contributed by atoms with Gasteiger partial charge in [0.05, 0.1) is 11.7 Å². The number of hydrogen-bond donors (Lipinski definition) is 1. The molecular weight excluding hydrogens is 427 g/mol. The van der Waals surface area contributed by atoms with E-state index in [-0.39, 0.29) is 36.6 Å². The number of amides is 2. The van der Waals surface area contributed by atoms with Crippen molar-refractivity contribution in [3.05, 3.63) is 59.2 Å². The summed E-state index contributed by atoms with van der Waals surface area (Å²) in [7, 11) is 0. The highest BCUT2D eigenvalue weighted by atomic mass is 19.1. The van der Waals surface area contributed by atoms with Crippen molar-refractivity contribution in [1.82, 2.24) is 24.6 Å². The van der Waals surface area contributed by atoms with Gasteiger partial charge in [-0.25, -0.2) is 14.2 Å². The highest BCUT2D eigenvalue weighted by Gasteiger charge is 2.28. The minimum Gasteiger partial charge on any atom is -0.447 e. The van der Waals surface area contributed by atoms with Gasteiger partial charge < -0.3 is 14.6 Å². The summed E-state index contributed by atoms with van der Waals surface area (Å²) in [5, 5.41) is 10.7. The summed E-state index contributed by atoms with van der Waals surface area (Å²) in [5.74, 6) is -0.467. The number of halogens is 1. The molecule has 9 nitrogen and oxygen atoms in total. The predicted molar refractivity (Wildman–Crippen MR) is 119 cm³/mol. The number of nitrogens with zero attached hydrogens (tertiary/aromatic N) is 5. The summed E-state index contributed by atoms with van der Waals surface area (Å²) in [5.41, 5.74) is 1.77. The number of rotatable bonds is 5. The lowest BCUT2D eigenvalue weighted by molar-refractivity contribution is 0.0760. The Kier molecular flexibility index (Phi) is 6.08. The normalized spacial score (nSPS) is 12.9. The highest BCUT2D eigenvalue weighted by molar-refractivity contribution is 6.04. The quantitative estimate of drug-likeness (QED) is 0.623. The van der Waals surface area contributed by atoms with Crippen molar-refractivity contribution in [3.63, 3.8) is 0 Å². The second kappa shape index (κ2) is 8.97. The molecule has 4 rings (SSSR count). The van der Waals surface area contributed by atoms with Crippen LogP contribution in [0.5, 0.6) is 0 Å². The number of pyridine rings is 1. The second-order valence-corrected chi connectivity index (χ2v) is 8.41. The van der Waals surface area contributed by atoms with Gasteiger partial charge in [-0.1, -0.05) is 6.07 Å². The van der Waals surface area contributed by atoms with Crippen LogP contribution in [0.1, 0.15) is 55.2 Å². The maximum Gasteiger partial charge on any atom is 0.410 e. The molecule has 0 bridgehead atoms. The van der Waals surface area contributed by atoms with Crippen LogP contribution < -0.4 is 5.32 Å². The summed E-state index contributed by atoms with van der Waals surface area (Å²) < 4.78 is 21.8. The van der Waals surface area contributed by atoms with Gasteiger partial charge in [-0.15, -0.1) is 10.2 Å². The van der Waals surface area contributed by atoms with Crippen molar-refractivity contribution < 1.29 is 18.7 Å². The first-order valence-electron chi connectivity index (χ1n) is 10.7. The number of ether oxygens (including phenoxy) is 1. The Balaban J connectivity index is 1.53. The molecule has 3 aromatic rings. The Morgan fingerprint density at radius 2 is 1.85 bits per heavy atom. The Hall–Kier alpha value is -3.82. The summed E-state index contributed by atoms with van der Waals surface area (Å²) >= 11 is 0. The third kappa shape index (κ3) is 4.69. The first-order chi connectivity index (χ1) is 15.7. The Morgan fingerprint density at radius 1 is 1.12 bits per heavy atom. The summed E-state index contributed by atoms with van der Waals surface area (Å²) in [6.45, 7) is 8.01. The molecule has 2 aromatic heterocycles. The molecule has 1 N–H and O–H groups in total. The molecule has 10 heteroatoms. The standard InChI is InChI=1S/C23H25FN6O3/c1-13(2)30-12-25-28-21(30)19-6-5-7-20(26-19)27-22(31)17-8-15-10-29(23(32)33-14(3)4)11-16(15)9-18(17)24/h5-9,12-14H,10-11H2,1-4H3,(H,26,27,31). The van der Waals surface area contributed by atoms with Crippen molar-refractivity contribution >= 4 is 17.8 Å². The average molecular weight is 452 g/mol. The van der Waals surface area contributed by atoms with Crippen LogP contribution >= 0.6 is 0 Å². The van der Waals surface area contributed by atoms with Crippen LogP contribution in [0.2, 0.25) is 0 Å². The molecule has 1 aliphatic rings. The zero-order valence-electron chi connectivity index (χ0n) is 18.9. The van der Waals surface area contributed by atoms with Gasteiger partial charge in [-0.05, 0) is 63.1 Å². The Bertz CT molecular complexity index is 1210. The molecule has 2 amide bonds. The first-order valence-corrected chi connectivity index (χ1v) is 10.7. The van der Waals surface area contributed by atoms with Gasteiger partial charge in [-0.3, -0.25) is 9.69 Å². The minimum atomic E-state index is -0.666. The van der Waals surface area contributed by atoms with Crippen LogP contribution in [-0.2, 0) is 17.8 Å². The molecule has 0 spiro atoms. The van der Waals surface area contributed by atoms with E-state index in [0.717, 1.165) is 0 Å². The van der Waals surface area contributed by atoms with E-state index < -0.39 is 17.8 Å². The summed E-state index contributed by atoms with van der Waals surface area (Å²) in [6.07, 6.45) is 0.896. The lowest BCUT2D eigenvalue weighted by atomic mass is 10.1. The molecule has 0 saturated heterocycles. The largest absolute Gasteiger partial charge is 0.447 e. The van der Waals surface area contributed by atoms with Crippen molar-refractivity contribution in [2.75, 3.05) is 5.32 Å². The number of nitrogens with one attached hydrogen (secondary N) is 1. The lowest BCUT2D eigenvalue weighted by Gasteiger charge is -2.17. The molecular formula is C23H25FN6O3. The monoisotopic (exact) mass is 452 g/mol. The van der Waals surface area contributed by atoms with Crippen LogP contribution in [-0.4, -0.2) is 42.8 Å². The van der Waals surface area contributed by atoms with Crippen LogP contribution in [0, 0.1) is 5.82 Å². The van der Waals surface area contributed by atoms with Crippen LogP contribution in [0.25, 0.3) is 11.5 Å². The number of fused-ring (bicyclic) bond motifs is 1. The fourth-order valence-electron chi connectivity index (χ4n) is 3.62. The average Bonchev–Trinajstić information content (AvgIpc) is 3.40. The number of aromatic nitrogens is 4. The third-order valence-electron chi connectivity index (χ3n) is 5.20. The topological polar surface area (TPSA) is 102 Å². The van der Waals surface area contributed by atoms with Crippen molar-refractivity contribution in [1.29, 1.82) is 0 Å². The molecule has 3 heterocycles. The molecule has 1 aromatic carbocycles. The van der Waals surface area contributed by atoms with Crippen molar-refractivity contribution in [2.24, 2.45) is 0 Å². The zero-order valence-corrected chi connectivity index (χ0v) is 18.9. The molecule has 0 unspecified atom stereocenters. The third-order valence-corrected chi connectivity index (χ3v) is 5.20. The van der Waals surface area contributed by atoms with Crippen molar-refractivity contribution in [3.8, 4) is 11.5 Å². The number of benzene rings is 1. The molecule has 33 heavy (non-hydrogen) atoms. The van der Waals surface area contributed by atoms with Gasteiger partial charge in [0.1, 0.15) is 23.7 Å². The van der Waals surface area contributed by atoms with E-state index in [1.165, 1.54) is 17.0 Å². The Labute approximate surface area is 190 Å². The van der Waals surface area contributed by atoms with E-state index in [0.29, 0.717) is 22.6 Å². The molecule has 0 radical (unpaired) electrons. The summed E-state index contributed by atoms with van der Waals surface area (Å²) in [4.78, 5) is 30.9. The smallest absolute Gasteiger partial charge is 0.410 e. The van der Waals surface area contributed by atoms with E-state index in [2.05, 4.69) is 20.5 Å². The maximum absolute atomic E-state index is 14.7. The van der Waals surface area contributed by atoms with Gasteiger partial charge in [0.15, 0.2) is 5.82 Å². The van der Waals surface area contributed by atoms with Crippen LogP contribution in [0.3, 0.4) is 0 Å². The number of carbonyl (C=O) groups excluding carboxylic acids is 2. The SMILES string of the molecule is CC(C)OC(=O)N1Cc2cc(F)c(C(=O)Nc3cccc(-c4nncn4C(C)C)n3)cc2C1. The van der Waals surface area contributed by atoms with Crippen LogP contribution in [0.4, 0.5) is 15.0 Å². The lowest BCUT2D eigenvalue weighted by Crippen LogP contribution is -2.28. The molecule has 0 atom stereocenters. The number of hydrogen-bond acceptors (Lipinski definition) is 6. The van der Waals surface area contributed by atoms with Gasteiger partial charge in [0.25, 0.3) is 5.91 Å².